The molecule has 0 heterocycles. The third-order valence-electron chi connectivity index (χ3n) is 4.49. The molecule has 0 aromatic heterocycles. The minimum atomic E-state index is -0.326. The highest BCUT2D eigenvalue weighted by molar-refractivity contribution is 5.80. The fourth-order valence-corrected chi connectivity index (χ4v) is 2.90. The van der Waals surface area contributed by atoms with Crippen LogP contribution in [0.2, 0.25) is 0 Å². The molecule has 2 aromatic carbocycles. The van der Waals surface area contributed by atoms with Gasteiger partial charge in [-0.1, -0.05) is 61.5 Å². The van der Waals surface area contributed by atoms with Crippen molar-refractivity contribution in [3.63, 3.8) is 0 Å². The fraction of sp³-hybridized carbons (Fsp3) is 0.381. The molecule has 0 saturated heterocycles. The molecule has 3 heteroatoms. The van der Waals surface area contributed by atoms with Gasteiger partial charge in [0.2, 0.25) is 5.91 Å². The molecule has 2 aromatic rings. The highest BCUT2D eigenvalue weighted by Gasteiger charge is 2.28. The molecule has 0 fully saturated rings. The number of carbonyl (C=O) groups is 1. The predicted octanol–water partition coefficient (Wildman–Crippen LogP) is 3.77. The molecule has 1 amide bonds. The summed E-state index contributed by atoms with van der Waals surface area (Å²) in [6, 6.07) is 17.7. The third-order valence-corrected chi connectivity index (χ3v) is 4.49. The summed E-state index contributed by atoms with van der Waals surface area (Å²) >= 11 is 0. The van der Waals surface area contributed by atoms with Gasteiger partial charge in [-0.05, 0) is 43.9 Å². The van der Waals surface area contributed by atoms with Crippen LogP contribution < -0.4 is 11.1 Å². The normalized spacial score (nSPS) is 14.0. The highest BCUT2D eigenvalue weighted by atomic mass is 16.2. The van der Waals surface area contributed by atoms with Crippen LogP contribution in [-0.4, -0.2) is 11.4 Å². The predicted molar refractivity (Wildman–Crippen MR) is 99.6 cm³/mol. The van der Waals surface area contributed by atoms with Crippen molar-refractivity contribution < 1.29 is 4.79 Å². The van der Waals surface area contributed by atoms with Gasteiger partial charge in [-0.25, -0.2) is 0 Å². The summed E-state index contributed by atoms with van der Waals surface area (Å²) in [4.78, 5) is 12.7. The van der Waals surface area contributed by atoms with Gasteiger partial charge in [0.05, 0.1) is 5.92 Å². The lowest BCUT2D eigenvalue weighted by atomic mass is 9.90. The lowest BCUT2D eigenvalue weighted by molar-refractivity contribution is -0.126. The number of carbonyl (C=O) groups excluding carboxylic acids is 1. The first-order valence-electron chi connectivity index (χ1n) is 8.47. The van der Waals surface area contributed by atoms with Gasteiger partial charge >= 0.3 is 0 Å². The minimum Gasteiger partial charge on any atom is -0.351 e. The Balaban J connectivity index is 2.03. The maximum absolute atomic E-state index is 12.7. The van der Waals surface area contributed by atoms with Crippen molar-refractivity contribution in [3.05, 3.63) is 71.3 Å². The van der Waals surface area contributed by atoms with Gasteiger partial charge in [-0.3, -0.25) is 4.79 Å². The molecule has 0 radical (unpaired) electrons. The van der Waals surface area contributed by atoms with Gasteiger partial charge in [0.1, 0.15) is 0 Å². The first-order chi connectivity index (χ1) is 11.3. The Morgan fingerprint density at radius 3 is 2.29 bits per heavy atom. The molecule has 3 nitrogen and oxygen atoms in total. The zero-order valence-electron chi connectivity index (χ0n) is 15.0. The number of benzene rings is 2. The van der Waals surface area contributed by atoms with Crippen molar-refractivity contribution >= 4 is 5.91 Å². The molecular formula is C21H28N2O. The standard InChI is InChI=1S/C21H28N2O/c1-15-10-8-9-13-18(15)14-21(3,4)23-20(24)16(2)19(22)17-11-6-5-7-12-17/h5-13,16,19H,14,22H2,1-4H3,(H,23,24). The van der Waals surface area contributed by atoms with Crippen molar-refractivity contribution in [2.75, 3.05) is 0 Å². The van der Waals surface area contributed by atoms with Gasteiger partial charge in [0, 0.05) is 11.6 Å². The van der Waals surface area contributed by atoms with E-state index in [1.807, 2.05) is 49.4 Å². The number of rotatable bonds is 6. The average molecular weight is 324 g/mol. The van der Waals surface area contributed by atoms with E-state index in [0.717, 1.165) is 12.0 Å². The van der Waals surface area contributed by atoms with E-state index in [1.165, 1.54) is 11.1 Å². The molecule has 128 valence electrons. The van der Waals surface area contributed by atoms with E-state index in [-0.39, 0.29) is 23.4 Å². The minimum absolute atomic E-state index is 0.00932. The maximum atomic E-state index is 12.7. The number of hydrogen-bond donors (Lipinski definition) is 2. The summed E-state index contributed by atoms with van der Waals surface area (Å²) in [5.74, 6) is -0.298. The average Bonchev–Trinajstić information content (AvgIpc) is 2.55. The first kappa shape index (κ1) is 18.2. The zero-order valence-corrected chi connectivity index (χ0v) is 15.0. The van der Waals surface area contributed by atoms with E-state index in [9.17, 15) is 4.79 Å². The van der Waals surface area contributed by atoms with Crippen LogP contribution in [0.15, 0.2) is 54.6 Å². The lowest BCUT2D eigenvalue weighted by Gasteiger charge is -2.30. The van der Waals surface area contributed by atoms with Gasteiger partial charge in [0.15, 0.2) is 0 Å². The molecule has 2 atom stereocenters. The van der Waals surface area contributed by atoms with E-state index in [1.54, 1.807) is 0 Å². The van der Waals surface area contributed by atoms with Crippen LogP contribution in [0.1, 0.15) is 43.5 Å². The zero-order chi connectivity index (χ0) is 17.7. The quantitative estimate of drug-likeness (QED) is 0.850. The van der Waals surface area contributed by atoms with Crippen LogP contribution in [-0.2, 0) is 11.2 Å². The monoisotopic (exact) mass is 324 g/mol. The van der Waals surface area contributed by atoms with Crippen molar-refractivity contribution in [2.45, 2.75) is 45.7 Å². The van der Waals surface area contributed by atoms with Gasteiger partial charge in [-0.2, -0.15) is 0 Å². The summed E-state index contributed by atoms with van der Waals surface area (Å²) in [6.45, 7) is 8.09. The number of nitrogens with two attached hydrogens (primary N) is 1. The molecule has 3 N–H and O–H groups in total. The third kappa shape index (κ3) is 4.68. The molecule has 0 aliphatic rings. The Labute approximate surface area is 145 Å². The van der Waals surface area contributed by atoms with Crippen molar-refractivity contribution in [2.24, 2.45) is 11.7 Å². The summed E-state index contributed by atoms with van der Waals surface area (Å²) in [5, 5.41) is 3.16. The molecule has 0 spiro atoms. The van der Waals surface area contributed by atoms with E-state index in [0.29, 0.717) is 0 Å². The molecule has 2 rings (SSSR count). The molecule has 24 heavy (non-hydrogen) atoms. The second-order valence-corrected chi connectivity index (χ2v) is 7.20. The van der Waals surface area contributed by atoms with Gasteiger partial charge in [0.25, 0.3) is 0 Å². The number of aryl methyl sites for hydroxylation is 1. The van der Waals surface area contributed by atoms with Crippen LogP contribution >= 0.6 is 0 Å². The first-order valence-corrected chi connectivity index (χ1v) is 8.47. The molecule has 0 bridgehead atoms. The van der Waals surface area contributed by atoms with Crippen LogP contribution in [0.3, 0.4) is 0 Å². The van der Waals surface area contributed by atoms with Crippen molar-refractivity contribution in [1.29, 1.82) is 0 Å². The summed E-state index contributed by atoms with van der Waals surface area (Å²) in [5.41, 5.74) is 9.43. The Hall–Kier alpha value is -2.13. The Morgan fingerprint density at radius 2 is 1.67 bits per heavy atom. The smallest absolute Gasteiger partial charge is 0.225 e. The van der Waals surface area contributed by atoms with Gasteiger partial charge < -0.3 is 11.1 Å². The van der Waals surface area contributed by atoms with Crippen LogP contribution in [0.25, 0.3) is 0 Å². The van der Waals surface area contributed by atoms with Crippen LogP contribution in [0.5, 0.6) is 0 Å². The topological polar surface area (TPSA) is 55.1 Å². The van der Waals surface area contributed by atoms with Crippen LogP contribution in [0, 0.1) is 12.8 Å². The van der Waals surface area contributed by atoms with Crippen molar-refractivity contribution in [1.82, 2.24) is 5.32 Å². The number of hydrogen-bond acceptors (Lipinski definition) is 2. The second kappa shape index (κ2) is 7.63. The summed E-state index contributed by atoms with van der Waals surface area (Å²) < 4.78 is 0. The van der Waals surface area contributed by atoms with E-state index in [2.05, 4.69) is 38.2 Å². The molecule has 0 aliphatic heterocycles. The van der Waals surface area contributed by atoms with E-state index >= 15 is 0 Å². The van der Waals surface area contributed by atoms with E-state index < -0.39 is 0 Å². The molecular weight excluding hydrogens is 296 g/mol. The van der Waals surface area contributed by atoms with Crippen molar-refractivity contribution in [3.8, 4) is 0 Å². The molecule has 0 saturated carbocycles. The van der Waals surface area contributed by atoms with Crippen LogP contribution in [0.4, 0.5) is 0 Å². The summed E-state index contributed by atoms with van der Waals surface area (Å²) in [6.07, 6.45) is 0.790. The van der Waals surface area contributed by atoms with E-state index in [4.69, 9.17) is 5.73 Å². The number of amides is 1. The molecule has 2 unspecified atom stereocenters. The molecule has 0 aliphatic carbocycles. The Kier molecular flexibility index (Phi) is 5.79. The van der Waals surface area contributed by atoms with Gasteiger partial charge in [-0.15, -0.1) is 0 Å². The largest absolute Gasteiger partial charge is 0.351 e. The Bertz CT molecular complexity index is 679. The highest BCUT2D eigenvalue weighted by Crippen LogP contribution is 2.21. The Morgan fingerprint density at radius 1 is 1.08 bits per heavy atom. The lowest BCUT2D eigenvalue weighted by Crippen LogP contribution is -2.48. The fourth-order valence-electron chi connectivity index (χ4n) is 2.90. The maximum Gasteiger partial charge on any atom is 0.225 e. The SMILES string of the molecule is Cc1ccccc1CC(C)(C)NC(=O)C(C)C(N)c1ccccc1. The second-order valence-electron chi connectivity index (χ2n) is 7.20. The summed E-state index contributed by atoms with van der Waals surface area (Å²) in [7, 11) is 0. The number of nitrogens with one attached hydrogen (secondary N) is 1.